The van der Waals surface area contributed by atoms with Crippen molar-refractivity contribution in [3.63, 3.8) is 0 Å². The fourth-order valence-corrected chi connectivity index (χ4v) is 2.02. The molecule has 0 N–H and O–H groups in total. The van der Waals surface area contributed by atoms with E-state index in [-0.39, 0.29) is 11.8 Å². The van der Waals surface area contributed by atoms with Crippen LogP contribution in [0.4, 0.5) is 4.79 Å². The van der Waals surface area contributed by atoms with Crippen LogP contribution in [-0.4, -0.2) is 30.6 Å². The van der Waals surface area contributed by atoms with Crippen molar-refractivity contribution in [1.82, 2.24) is 4.90 Å². The first-order valence-corrected chi connectivity index (χ1v) is 3.92. The topological polar surface area (TPSA) is 44.1 Å². The molecule has 0 aromatic heterocycles. The van der Waals surface area contributed by atoms with E-state index in [0.29, 0.717) is 12.0 Å². The molecule has 2 rings (SSSR count). The lowest BCUT2D eigenvalue weighted by Crippen LogP contribution is -2.36. The van der Waals surface area contributed by atoms with Gasteiger partial charge in [-0.05, 0) is 18.8 Å². The monoisotopic (exact) mass is 148 g/mol. The summed E-state index contributed by atoms with van der Waals surface area (Å²) < 4.78 is 0. The highest BCUT2D eigenvalue weighted by Crippen LogP contribution is 2.47. The summed E-state index contributed by atoms with van der Waals surface area (Å²) in [6.45, 7) is 0. The van der Waals surface area contributed by atoms with E-state index in [1.165, 1.54) is 0 Å². The number of hydrogen-bond acceptors (Lipinski definition) is 2. The van der Waals surface area contributed by atoms with Gasteiger partial charge in [-0.15, -0.1) is 0 Å². The van der Waals surface area contributed by atoms with Gasteiger partial charge in [0, 0.05) is 6.04 Å². The Labute approximate surface area is 66.4 Å². The minimum Gasteiger partial charge on any atom is -0.333 e. The lowest BCUT2D eigenvalue weighted by Gasteiger charge is -2.20. The average molecular weight is 148 g/mol. The molecular weight excluding hydrogens is 139 g/mol. The smallest absolute Gasteiger partial charge is 0.216 e. The highest BCUT2D eigenvalue weighted by molar-refractivity contribution is 6.57. The SMILES string of the molecule is BC(=O)N1[C@H](C#N)C[C@@H]2C[C@@H]21. The van der Waals surface area contributed by atoms with E-state index in [1.54, 1.807) is 12.7 Å². The standard InChI is InChI=1S/C7H9BN2O/c8-7(11)10-5(3-9)1-4-2-6(4)10/h4-6H,1-2,8H2/t4-,5+,6+/m1/s1. The molecule has 2 fully saturated rings. The van der Waals surface area contributed by atoms with Crippen LogP contribution in [0.25, 0.3) is 0 Å². The Morgan fingerprint density at radius 3 is 2.82 bits per heavy atom. The molecule has 2 aliphatic rings. The first-order chi connectivity index (χ1) is 5.24. The molecule has 0 spiro atoms. The Balaban J connectivity index is 2.16. The van der Waals surface area contributed by atoms with Crippen molar-refractivity contribution < 1.29 is 4.79 Å². The summed E-state index contributed by atoms with van der Waals surface area (Å²) in [6.07, 6.45) is 2.03. The van der Waals surface area contributed by atoms with E-state index in [1.807, 2.05) is 0 Å². The van der Waals surface area contributed by atoms with Crippen molar-refractivity contribution >= 4 is 13.7 Å². The quantitative estimate of drug-likeness (QED) is 0.443. The largest absolute Gasteiger partial charge is 0.333 e. The van der Waals surface area contributed by atoms with Crippen molar-refractivity contribution in [2.45, 2.75) is 24.9 Å². The predicted molar refractivity (Wildman–Crippen MR) is 41.7 cm³/mol. The van der Waals surface area contributed by atoms with Crippen molar-refractivity contribution in [3.05, 3.63) is 0 Å². The Bertz CT molecular complexity index is 247. The van der Waals surface area contributed by atoms with Gasteiger partial charge in [0.25, 0.3) is 0 Å². The second-order valence-corrected chi connectivity index (χ2v) is 3.37. The van der Waals surface area contributed by atoms with E-state index >= 15 is 0 Å². The number of likely N-dealkylation sites (tertiary alicyclic amines) is 1. The first kappa shape index (κ1) is 6.72. The normalized spacial score (nSPS) is 39.5. The second kappa shape index (κ2) is 2.01. The van der Waals surface area contributed by atoms with Crippen LogP contribution in [0.15, 0.2) is 0 Å². The summed E-state index contributed by atoms with van der Waals surface area (Å²) in [4.78, 5) is 12.8. The van der Waals surface area contributed by atoms with E-state index in [4.69, 9.17) is 5.26 Å². The molecule has 0 unspecified atom stereocenters. The molecule has 3 nitrogen and oxygen atoms in total. The zero-order valence-corrected chi connectivity index (χ0v) is 6.45. The van der Waals surface area contributed by atoms with Crippen molar-refractivity contribution in [3.8, 4) is 6.07 Å². The number of amides is 1. The number of nitriles is 1. The number of hydrogen-bond donors (Lipinski definition) is 0. The van der Waals surface area contributed by atoms with Gasteiger partial charge in [0.05, 0.1) is 6.07 Å². The summed E-state index contributed by atoms with van der Waals surface area (Å²) in [5.41, 5.74) is 0. The van der Waals surface area contributed by atoms with Crippen LogP contribution >= 0.6 is 0 Å². The van der Waals surface area contributed by atoms with Gasteiger partial charge < -0.3 is 4.90 Å². The lowest BCUT2D eigenvalue weighted by molar-refractivity contribution is 0.217. The fourth-order valence-electron chi connectivity index (χ4n) is 2.02. The number of carbonyl (C=O) groups excluding carboxylic acids is 1. The zero-order valence-electron chi connectivity index (χ0n) is 6.45. The molecule has 11 heavy (non-hydrogen) atoms. The molecule has 0 bridgehead atoms. The molecule has 1 aliphatic carbocycles. The van der Waals surface area contributed by atoms with Gasteiger partial charge in [-0.25, -0.2) is 0 Å². The molecule has 1 aliphatic heterocycles. The third-order valence-corrected chi connectivity index (χ3v) is 2.62. The minimum atomic E-state index is -0.128. The van der Waals surface area contributed by atoms with E-state index in [0.717, 1.165) is 12.8 Å². The van der Waals surface area contributed by atoms with Crippen molar-refractivity contribution in [2.75, 3.05) is 0 Å². The predicted octanol–water partition coefficient (Wildman–Crippen LogP) is -0.274. The Hall–Kier alpha value is -0.975. The van der Waals surface area contributed by atoms with Crippen LogP contribution in [0.3, 0.4) is 0 Å². The highest BCUT2D eigenvalue weighted by atomic mass is 16.2. The van der Waals surface area contributed by atoms with Gasteiger partial charge in [0.2, 0.25) is 7.85 Å². The van der Waals surface area contributed by atoms with Crippen LogP contribution in [0, 0.1) is 17.2 Å². The van der Waals surface area contributed by atoms with Crippen molar-refractivity contribution in [1.29, 1.82) is 5.26 Å². The molecule has 0 aromatic carbocycles. The number of carbonyl (C=O) groups is 1. The van der Waals surface area contributed by atoms with Gasteiger partial charge in [-0.3, -0.25) is 4.79 Å². The van der Waals surface area contributed by atoms with Crippen LogP contribution in [-0.2, 0) is 0 Å². The van der Waals surface area contributed by atoms with Crippen LogP contribution in [0.5, 0.6) is 0 Å². The van der Waals surface area contributed by atoms with Gasteiger partial charge in [0.1, 0.15) is 6.04 Å². The maximum Gasteiger partial charge on any atom is 0.216 e. The summed E-state index contributed by atoms with van der Waals surface area (Å²) in [5.74, 6) is 0.699. The van der Waals surface area contributed by atoms with Crippen LogP contribution < -0.4 is 0 Å². The van der Waals surface area contributed by atoms with Gasteiger partial charge in [0.15, 0.2) is 5.81 Å². The average Bonchev–Trinajstić information content (AvgIpc) is 2.61. The maximum atomic E-state index is 11.0. The Kier molecular flexibility index (Phi) is 1.22. The molecule has 3 atom stereocenters. The first-order valence-electron chi connectivity index (χ1n) is 3.92. The third kappa shape index (κ3) is 0.840. The maximum absolute atomic E-state index is 11.0. The van der Waals surface area contributed by atoms with Gasteiger partial charge in [-0.1, -0.05) is 0 Å². The number of piperidine rings is 1. The summed E-state index contributed by atoms with van der Waals surface area (Å²) in [7, 11) is 1.55. The van der Waals surface area contributed by atoms with Crippen LogP contribution in [0.1, 0.15) is 12.8 Å². The summed E-state index contributed by atoms with van der Waals surface area (Å²) in [6, 6.07) is 2.45. The second-order valence-electron chi connectivity index (χ2n) is 3.37. The van der Waals surface area contributed by atoms with Gasteiger partial charge >= 0.3 is 0 Å². The lowest BCUT2D eigenvalue weighted by atomic mass is 10.1. The summed E-state index contributed by atoms with van der Waals surface area (Å²) in [5, 5.41) is 8.68. The van der Waals surface area contributed by atoms with Crippen LogP contribution in [0.2, 0.25) is 0 Å². The molecular formula is C7H9BN2O. The zero-order chi connectivity index (χ0) is 8.01. The minimum absolute atomic E-state index is 0.0570. The highest BCUT2D eigenvalue weighted by Gasteiger charge is 2.52. The Morgan fingerprint density at radius 2 is 2.36 bits per heavy atom. The third-order valence-electron chi connectivity index (χ3n) is 2.62. The van der Waals surface area contributed by atoms with E-state index in [9.17, 15) is 4.79 Å². The fraction of sp³-hybridized carbons (Fsp3) is 0.714. The summed E-state index contributed by atoms with van der Waals surface area (Å²) >= 11 is 0. The molecule has 4 heteroatoms. The molecule has 1 saturated carbocycles. The molecule has 1 amide bonds. The number of rotatable bonds is 0. The molecule has 56 valence electrons. The molecule has 0 aromatic rings. The van der Waals surface area contributed by atoms with E-state index < -0.39 is 0 Å². The van der Waals surface area contributed by atoms with E-state index in [2.05, 4.69) is 6.07 Å². The van der Waals surface area contributed by atoms with Gasteiger partial charge in [-0.2, -0.15) is 5.26 Å². The number of fused-ring (bicyclic) bond motifs is 1. The number of nitrogens with zero attached hydrogens (tertiary/aromatic N) is 2. The Morgan fingerprint density at radius 1 is 1.64 bits per heavy atom. The molecule has 1 heterocycles. The molecule has 0 radical (unpaired) electrons. The molecule has 1 saturated heterocycles. The van der Waals surface area contributed by atoms with Crippen molar-refractivity contribution in [2.24, 2.45) is 5.92 Å².